The molecule has 0 radical (unpaired) electrons. The first kappa shape index (κ1) is 44.3. The fourth-order valence-corrected chi connectivity index (χ4v) is 10.2. The lowest BCUT2D eigenvalue weighted by atomic mass is 9.96. The Labute approximate surface area is 440 Å². The summed E-state index contributed by atoms with van der Waals surface area (Å²) in [6.45, 7) is 0. The standard InChI is InChI=1S/C68H44N6O2/c1-5-21-45(22-6-1)55-43-56(46-23-7-2-8-24-46)70-67(69-55)51-37-49(38-52(39-51)68-71-57(47-25-9-3-10-26-47)44-58(72-68)48-27-11-4-12-28-48)50-40-53(73-59-29-13-17-33-63(59)75-64-34-18-14-30-60(64)73)42-54(41-50)74-61-31-15-19-35-65(61)76-66-36-20-16-32-62(66)74/h1-44H. The number of ether oxygens (including phenoxy) is 2. The molecule has 0 fully saturated rings. The lowest BCUT2D eigenvalue weighted by Crippen LogP contribution is -2.18. The summed E-state index contributed by atoms with van der Waals surface area (Å²) in [6, 6.07) is 91.4. The van der Waals surface area contributed by atoms with Crippen molar-refractivity contribution < 1.29 is 9.47 Å². The van der Waals surface area contributed by atoms with Crippen molar-refractivity contribution in [3.63, 3.8) is 0 Å². The zero-order valence-corrected chi connectivity index (χ0v) is 40.9. The van der Waals surface area contributed by atoms with Crippen molar-refractivity contribution in [2.24, 2.45) is 0 Å². The summed E-state index contributed by atoms with van der Waals surface area (Å²) in [4.78, 5) is 26.1. The lowest BCUT2D eigenvalue weighted by molar-refractivity contribution is 0.477. The van der Waals surface area contributed by atoms with Crippen LogP contribution < -0.4 is 19.3 Å². The second-order valence-electron chi connectivity index (χ2n) is 18.7. The molecule has 0 atom stereocenters. The van der Waals surface area contributed by atoms with Crippen molar-refractivity contribution >= 4 is 34.1 Å². The van der Waals surface area contributed by atoms with Crippen molar-refractivity contribution in [1.82, 2.24) is 19.9 Å². The molecule has 0 bridgehead atoms. The van der Waals surface area contributed by atoms with E-state index in [0.717, 1.165) is 124 Å². The van der Waals surface area contributed by atoms with E-state index in [1.54, 1.807) is 0 Å². The van der Waals surface area contributed by atoms with Crippen LogP contribution in [0.1, 0.15) is 0 Å². The first-order valence-corrected chi connectivity index (χ1v) is 25.3. The number of anilines is 6. The maximum atomic E-state index is 6.58. The number of nitrogens with zero attached hydrogens (tertiary/aromatic N) is 6. The van der Waals surface area contributed by atoms with Gasteiger partial charge in [0.2, 0.25) is 0 Å². The SMILES string of the molecule is c1ccc(-c2cc(-c3ccccc3)nc(-c3cc(-c4cc(N5c6ccccc6Oc6ccccc65)cc(N5c6ccccc6Oc6ccccc65)c4)cc(-c4nc(-c5ccccc5)cc(-c5ccccc5)n4)c3)n2)cc1. The molecule has 0 spiro atoms. The van der Waals surface area contributed by atoms with Gasteiger partial charge >= 0.3 is 0 Å². The van der Waals surface area contributed by atoms with Gasteiger partial charge in [0.15, 0.2) is 34.6 Å². The van der Waals surface area contributed by atoms with Gasteiger partial charge in [0.1, 0.15) is 0 Å². The number of rotatable bonds is 9. The second-order valence-corrected chi connectivity index (χ2v) is 18.7. The molecule has 0 N–H and O–H groups in total. The third-order valence-electron chi connectivity index (χ3n) is 13.8. The molecule has 0 saturated heterocycles. The highest BCUT2D eigenvalue weighted by Crippen LogP contribution is 2.55. The van der Waals surface area contributed by atoms with E-state index in [9.17, 15) is 0 Å². The van der Waals surface area contributed by atoms with Crippen LogP contribution in [-0.2, 0) is 0 Å². The summed E-state index contributed by atoms with van der Waals surface area (Å²) >= 11 is 0. The predicted octanol–water partition coefficient (Wildman–Crippen LogP) is 18.1. The zero-order chi connectivity index (χ0) is 50.4. The third kappa shape index (κ3) is 8.26. The van der Waals surface area contributed by atoms with E-state index < -0.39 is 0 Å². The van der Waals surface area contributed by atoms with Gasteiger partial charge in [-0.15, -0.1) is 0 Å². The Hall–Kier alpha value is -10.4. The molecule has 2 aliphatic rings. The highest BCUT2D eigenvalue weighted by atomic mass is 16.5. The van der Waals surface area contributed by atoms with Gasteiger partial charge < -0.3 is 19.3 Å². The summed E-state index contributed by atoms with van der Waals surface area (Å²) in [6.07, 6.45) is 0. The van der Waals surface area contributed by atoms with Gasteiger partial charge in [0.25, 0.3) is 0 Å². The molecular formula is C68H44N6O2. The van der Waals surface area contributed by atoms with Crippen LogP contribution in [0.25, 0.3) is 78.9 Å². The van der Waals surface area contributed by atoms with E-state index in [1.807, 2.05) is 121 Å². The van der Waals surface area contributed by atoms with Gasteiger partial charge in [-0.05, 0) is 108 Å². The highest BCUT2D eigenvalue weighted by Gasteiger charge is 2.30. The number of benzene rings is 10. The predicted molar refractivity (Wildman–Crippen MR) is 305 cm³/mol. The average Bonchev–Trinajstić information content (AvgIpc) is 3.50. The lowest BCUT2D eigenvalue weighted by Gasteiger charge is -2.36. The minimum atomic E-state index is 0.564. The van der Waals surface area contributed by atoms with Gasteiger partial charge in [-0.2, -0.15) is 0 Å². The monoisotopic (exact) mass is 976 g/mol. The third-order valence-corrected chi connectivity index (χ3v) is 13.8. The molecule has 8 heteroatoms. The summed E-state index contributed by atoms with van der Waals surface area (Å²) < 4.78 is 13.2. The van der Waals surface area contributed by atoms with E-state index in [2.05, 4.69) is 155 Å². The van der Waals surface area contributed by atoms with Crippen molar-refractivity contribution in [3.05, 3.63) is 267 Å². The molecule has 2 aromatic heterocycles. The molecule has 0 unspecified atom stereocenters. The molecular weight excluding hydrogens is 933 g/mol. The Balaban J connectivity index is 1.06. The van der Waals surface area contributed by atoms with Crippen LogP contribution in [0.15, 0.2) is 267 Å². The van der Waals surface area contributed by atoms with E-state index in [4.69, 9.17) is 29.4 Å². The first-order chi connectivity index (χ1) is 37.6. The van der Waals surface area contributed by atoms with Crippen LogP contribution in [-0.4, -0.2) is 19.9 Å². The van der Waals surface area contributed by atoms with Crippen LogP contribution in [0.2, 0.25) is 0 Å². The Morgan fingerprint density at radius 1 is 0.224 bits per heavy atom. The molecule has 8 nitrogen and oxygen atoms in total. The van der Waals surface area contributed by atoms with Crippen LogP contribution in [0.4, 0.5) is 34.1 Å². The molecule has 0 aliphatic carbocycles. The normalized spacial score (nSPS) is 12.1. The molecule has 12 aromatic rings. The molecule has 358 valence electrons. The smallest absolute Gasteiger partial charge is 0.160 e. The van der Waals surface area contributed by atoms with Gasteiger partial charge in [0.05, 0.1) is 45.5 Å². The quantitative estimate of drug-likeness (QED) is 0.142. The van der Waals surface area contributed by atoms with Crippen LogP contribution in [0.3, 0.4) is 0 Å². The summed E-state index contributed by atoms with van der Waals surface area (Å²) in [5, 5.41) is 0. The Bertz CT molecular complexity index is 3670. The minimum absolute atomic E-state index is 0.564. The van der Waals surface area contributed by atoms with E-state index in [1.165, 1.54) is 0 Å². The second kappa shape index (κ2) is 18.9. The summed E-state index contributed by atoms with van der Waals surface area (Å²) in [5.74, 6) is 4.16. The van der Waals surface area contributed by atoms with Crippen molar-refractivity contribution in [1.29, 1.82) is 0 Å². The fraction of sp³-hybridized carbons (Fsp3) is 0. The first-order valence-electron chi connectivity index (χ1n) is 25.3. The summed E-state index contributed by atoms with van der Waals surface area (Å²) in [5.41, 5.74) is 16.1. The Kier molecular flexibility index (Phi) is 11.0. The van der Waals surface area contributed by atoms with Gasteiger partial charge in [-0.1, -0.05) is 170 Å². The molecule has 2 aliphatic heterocycles. The maximum absolute atomic E-state index is 6.58. The van der Waals surface area contributed by atoms with Crippen LogP contribution in [0, 0.1) is 0 Å². The largest absolute Gasteiger partial charge is 0.453 e. The average molecular weight is 977 g/mol. The minimum Gasteiger partial charge on any atom is -0.453 e. The number of aromatic nitrogens is 4. The Morgan fingerprint density at radius 2 is 0.487 bits per heavy atom. The summed E-state index contributed by atoms with van der Waals surface area (Å²) in [7, 11) is 0. The van der Waals surface area contributed by atoms with Crippen molar-refractivity contribution in [3.8, 4) is 102 Å². The number of hydrogen-bond acceptors (Lipinski definition) is 8. The maximum Gasteiger partial charge on any atom is 0.160 e. The van der Waals surface area contributed by atoms with Gasteiger partial charge in [0, 0.05) is 44.8 Å². The highest BCUT2D eigenvalue weighted by molar-refractivity contribution is 5.94. The Morgan fingerprint density at radius 3 is 0.803 bits per heavy atom. The number of para-hydroxylation sites is 8. The topological polar surface area (TPSA) is 76.5 Å². The zero-order valence-electron chi connectivity index (χ0n) is 40.9. The van der Waals surface area contributed by atoms with Crippen molar-refractivity contribution in [2.75, 3.05) is 9.80 Å². The van der Waals surface area contributed by atoms with E-state index >= 15 is 0 Å². The fourth-order valence-electron chi connectivity index (χ4n) is 10.2. The van der Waals surface area contributed by atoms with Crippen LogP contribution >= 0.6 is 0 Å². The van der Waals surface area contributed by atoms with E-state index in [0.29, 0.717) is 11.6 Å². The number of fused-ring (bicyclic) bond motifs is 4. The molecule has 0 saturated carbocycles. The number of hydrogen-bond donors (Lipinski definition) is 0. The molecule has 10 aromatic carbocycles. The molecule has 76 heavy (non-hydrogen) atoms. The van der Waals surface area contributed by atoms with Gasteiger partial charge in [-0.3, -0.25) is 0 Å². The molecule has 0 amide bonds. The van der Waals surface area contributed by atoms with Crippen molar-refractivity contribution in [2.45, 2.75) is 0 Å². The van der Waals surface area contributed by atoms with Gasteiger partial charge in [-0.25, -0.2) is 19.9 Å². The molecule has 14 rings (SSSR count). The molecule has 4 heterocycles. The van der Waals surface area contributed by atoms with Crippen LogP contribution in [0.5, 0.6) is 23.0 Å². The van der Waals surface area contributed by atoms with E-state index in [-0.39, 0.29) is 0 Å².